The summed E-state index contributed by atoms with van der Waals surface area (Å²) in [7, 11) is 0. The molecule has 4 rings (SSSR count). The number of benzene rings is 1. The third kappa shape index (κ3) is 4.62. The molecule has 1 aromatic carbocycles. The van der Waals surface area contributed by atoms with Gasteiger partial charge in [-0.15, -0.1) is 0 Å². The zero-order chi connectivity index (χ0) is 21.1. The molecule has 2 N–H and O–H groups in total. The van der Waals surface area contributed by atoms with Crippen molar-refractivity contribution in [2.45, 2.75) is 39.7 Å². The smallest absolute Gasteiger partial charge is 0.223 e. The summed E-state index contributed by atoms with van der Waals surface area (Å²) in [5, 5.41) is 11.5. The number of aryl methyl sites for hydroxylation is 2. The maximum absolute atomic E-state index is 12.8. The van der Waals surface area contributed by atoms with Gasteiger partial charge >= 0.3 is 0 Å². The standard InChI is InChI=1S/C22H25ClN6O/c1-14-12-15(2)26-22(25-14)24-10-3-4-20(30)29-11-9-19-18(13-29)21(28-27-19)16-5-7-17(23)8-6-16/h5-8,12H,3-4,9-11,13H2,1-2H3,(H,27,28)(H,24,25,26). The van der Waals surface area contributed by atoms with E-state index < -0.39 is 0 Å². The van der Waals surface area contributed by atoms with E-state index in [9.17, 15) is 4.79 Å². The molecule has 1 amide bonds. The molecule has 0 saturated heterocycles. The number of carbonyl (C=O) groups excluding carboxylic acids is 1. The first-order chi connectivity index (χ1) is 14.5. The molecular formula is C22H25ClN6O. The number of anilines is 1. The van der Waals surface area contributed by atoms with E-state index in [0.717, 1.165) is 46.7 Å². The Bertz CT molecular complexity index is 1030. The molecule has 0 spiro atoms. The molecule has 1 aliphatic heterocycles. The molecule has 7 nitrogen and oxygen atoms in total. The third-order valence-electron chi connectivity index (χ3n) is 5.24. The molecule has 0 radical (unpaired) electrons. The molecule has 3 aromatic rings. The lowest BCUT2D eigenvalue weighted by molar-refractivity contribution is -0.132. The molecular weight excluding hydrogens is 400 g/mol. The highest BCUT2D eigenvalue weighted by Gasteiger charge is 2.25. The molecule has 30 heavy (non-hydrogen) atoms. The van der Waals surface area contributed by atoms with Crippen LogP contribution in [-0.2, 0) is 17.8 Å². The minimum Gasteiger partial charge on any atom is -0.354 e. The summed E-state index contributed by atoms with van der Waals surface area (Å²) in [6.45, 7) is 5.84. The predicted octanol–water partition coefficient (Wildman–Crippen LogP) is 3.91. The van der Waals surface area contributed by atoms with Crippen LogP contribution >= 0.6 is 11.6 Å². The Kier molecular flexibility index (Phi) is 5.99. The number of nitrogens with zero attached hydrogens (tertiary/aromatic N) is 4. The molecule has 0 bridgehead atoms. The summed E-state index contributed by atoms with van der Waals surface area (Å²) in [6.07, 6.45) is 2.01. The van der Waals surface area contributed by atoms with Crippen LogP contribution in [-0.4, -0.2) is 44.1 Å². The zero-order valence-electron chi connectivity index (χ0n) is 17.2. The molecule has 2 aromatic heterocycles. The molecule has 0 fully saturated rings. The number of hydrogen-bond donors (Lipinski definition) is 2. The number of rotatable bonds is 6. The quantitative estimate of drug-likeness (QED) is 0.586. The van der Waals surface area contributed by atoms with E-state index in [0.29, 0.717) is 37.0 Å². The summed E-state index contributed by atoms with van der Waals surface area (Å²) >= 11 is 6.00. The minimum absolute atomic E-state index is 0.159. The number of fused-ring (bicyclic) bond motifs is 1. The number of carbonyl (C=O) groups is 1. The largest absolute Gasteiger partial charge is 0.354 e. The first-order valence-electron chi connectivity index (χ1n) is 10.2. The van der Waals surface area contributed by atoms with Gasteiger partial charge in [0, 0.05) is 65.7 Å². The summed E-state index contributed by atoms with van der Waals surface area (Å²) in [6, 6.07) is 9.57. The van der Waals surface area contributed by atoms with Gasteiger partial charge in [-0.3, -0.25) is 9.89 Å². The van der Waals surface area contributed by atoms with E-state index in [1.165, 1.54) is 0 Å². The van der Waals surface area contributed by atoms with Crippen LogP contribution in [0.4, 0.5) is 5.95 Å². The Morgan fingerprint density at radius 1 is 1.20 bits per heavy atom. The van der Waals surface area contributed by atoms with Crippen molar-refractivity contribution in [2.75, 3.05) is 18.4 Å². The average molecular weight is 425 g/mol. The number of aromatic nitrogens is 4. The fourth-order valence-electron chi connectivity index (χ4n) is 3.76. The van der Waals surface area contributed by atoms with Crippen molar-refractivity contribution in [2.24, 2.45) is 0 Å². The Morgan fingerprint density at radius 3 is 2.67 bits per heavy atom. The fourth-order valence-corrected chi connectivity index (χ4v) is 3.88. The summed E-state index contributed by atoms with van der Waals surface area (Å²) in [5.74, 6) is 0.778. The van der Waals surface area contributed by atoms with E-state index in [1.54, 1.807) is 0 Å². The van der Waals surface area contributed by atoms with E-state index in [4.69, 9.17) is 11.6 Å². The molecule has 0 unspecified atom stereocenters. The van der Waals surface area contributed by atoms with Gasteiger partial charge in [0.25, 0.3) is 0 Å². The molecule has 0 aliphatic carbocycles. The third-order valence-corrected chi connectivity index (χ3v) is 5.49. The van der Waals surface area contributed by atoms with Crippen molar-refractivity contribution in [3.05, 3.63) is 58.0 Å². The Hall–Kier alpha value is -2.93. The van der Waals surface area contributed by atoms with Crippen LogP contribution < -0.4 is 5.32 Å². The number of hydrogen-bond acceptors (Lipinski definition) is 5. The Morgan fingerprint density at radius 2 is 1.93 bits per heavy atom. The van der Waals surface area contributed by atoms with Gasteiger partial charge in [-0.05, 0) is 38.5 Å². The van der Waals surface area contributed by atoms with Gasteiger partial charge in [0.15, 0.2) is 0 Å². The van der Waals surface area contributed by atoms with Crippen LogP contribution in [0, 0.1) is 13.8 Å². The van der Waals surface area contributed by atoms with Gasteiger partial charge in [0.2, 0.25) is 11.9 Å². The summed E-state index contributed by atoms with van der Waals surface area (Å²) in [5.41, 5.74) is 5.97. The van der Waals surface area contributed by atoms with E-state index in [-0.39, 0.29) is 5.91 Å². The lowest BCUT2D eigenvalue weighted by Gasteiger charge is -2.27. The molecule has 156 valence electrons. The number of halogens is 1. The van der Waals surface area contributed by atoms with Crippen LogP contribution in [0.3, 0.4) is 0 Å². The van der Waals surface area contributed by atoms with Gasteiger partial charge in [-0.2, -0.15) is 5.10 Å². The van der Waals surface area contributed by atoms with Crippen LogP contribution in [0.15, 0.2) is 30.3 Å². The molecule has 3 heterocycles. The lowest BCUT2D eigenvalue weighted by Crippen LogP contribution is -2.36. The van der Waals surface area contributed by atoms with Crippen LogP contribution in [0.25, 0.3) is 11.3 Å². The first kappa shape index (κ1) is 20.3. The van der Waals surface area contributed by atoms with Crippen LogP contribution in [0.1, 0.15) is 35.5 Å². The molecule has 0 atom stereocenters. The number of nitrogens with one attached hydrogen (secondary N) is 2. The first-order valence-corrected chi connectivity index (χ1v) is 10.5. The number of aromatic amines is 1. The highest BCUT2D eigenvalue weighted by Crippen LogP contribution is 2.29. The van der Waals surface area contributed by atoms with Crippen LogP contribution in [0.2, 0.25) is 5.02 Å². The highest BCUT2D eigenvalue weighted by molar-refractivity contribution is 6.30. The maximum atomic E-state index is 12.8. The normalized spacial score (nSPS) is 13.2. The van der Waals surface area contributed by atoms with Crippen molar-refractivity contribution in [3.8, 4) is 11.3 Å². The Labute approximate surface area is 180 Å². The van der Waals surface area contributed by atoms with Gasteiger partial charge in [0.05, 0.1) is 5.69 Å². The molecule has 0 saturated carbocycles. The second-order valence-electron chi connectivity index (χ2n) is 7.61. The van der Waals surface area contributed by atoms with Crippen molar-refractivity contribution in [3.63, 3.8) is 0 Å². The Balaban J connectivity index is 1.33. The minimum atomic E-state index is 0.159. The highest BCUT2D eigenvalue weighted by atomic mass is 35.5. The monoisotopic (exact) mass is 424 g/mol. The summed E-state index contributed by atoms with van der Waals surface area (Å²) in [4.78, 5) is 23.4. The van der Waals surface area contributed by atoms with Crippen molar-refractivity contribution >= 4 is 23.5 Å². The van der Waals surface area contributed by atoms with E-state index in [2.05, 4.69) is 25.5 Å². The predicted molar refractivity (Wildman–Crippen MR) is 117 cm³/mol. The number of amides is 1. The number of H-pyrrole nitrogens is 1. The van der Waals surface area contributed by atoms with E-state index in [1.807, 2.05) is 49.1 Å². The second kappa shape index (κ2) is 8.83. The van der Waals surface area contributed by atoms with Gasteiger partial charge in [-0.25, -0.2) is 9.97 Å². The van der Waals surface area contributed by atoms with Crippen molar-refractivity contribution in [1.29, 1.82) is 0 Å². The topological polar surface area (TPSA) is 86.8 Å². The van der Waals surface area contributed by atoms with Gasteiger partial charge in [0.1, 0.15) is 0 Å². The van der Waals surface area contributed by atoms with E-state index >= 15 is 0 Å². The van der Waals surface area contributed by atoms with Crippen LogP contribution in [0.5, 0.6) is 0 Å². The average Bonchev–Trinajstić information content (AvgIpc) is 3.14. The van der Waals surface area contributed by atoms with Gasteiger partial charge < -0.3 is 10.2 Å². The fraction of sp³-hybridized carbons (Fsp3) is 0.364. The SMILES string of the molecule is Cc1cc(C)nc(NCCCC(=O)N2CCc3[nH]nc(-c4ccc(Cl)cc4)c3C2)n1. The summed E-state index contributed by atoms with van der Waals surface area (Å²) < 4.78 is 0. The molecule has 1 aliphatic rings. The van der Waals surface area contributed by atoms with Gasteiger partial charge in [-0.1, -0.05) is 23.7 Å². The molecule has 8 heteroatoms. The van der Waals surface area contributed by atoms with Crippen molar-refractivity contribution in [1.82, 2.24) is 25.1 Å². The lowest BCUT2D eigenvalue weighted by atomic mass is 10.0. The zero-order valence-corrected chi connectivity index (χ0v) is 18.0. The van der Waals surface area contributed by atoms with Crippen molar-refractivity contribution < 1.29 is 4.79 Å². The maximum Gasteiger partial charge on any atom is 0.223 e. The second-order valence-corrected chi connectivity index (χ2v) is 8.04.